The number of carbonyl (C=O) groups is 1. The van der Waals surface area contributed by atoms with Gasteiger partial charge in [0.15, 0.2) is 0 Å². The van der Waals surface area contributed by atoms with Crippen molar-refractivity contribution in [1.82, 2.24) is 14.8 Å². The van der Waals surface area contributed by atoms with E-state index in [-0.39, 0.29) is 5.91 Å². The molecule has 0 bridgehead atoms. The highest BCUT2D eigenvalue weighted by atomic mass is 16.3. The van der Waals surface area contributed by atoms with Crippen LogP contribution in [0, 0.1) is 17.8 Å². The Morgan fingerprint density at radius 2 is 1.87 bits per heavy atom. The van der Waals surface area contributed by atoms with Crippen LogP contribution >= 0.6 is 0 Å². The van der Waals surface area contributed by atoms with Crippen LogP contribution in [0.25, 0.3) is 0 Å². The Balaban J connectivity index is 1.38. The number of piperidine rings is 2. The quantitative estimate of drug-likeness (QED) is 0.779. The van der Waals surface area contributed by atoms with E-state index in [9.17, 15) is 9.90 Å². The highest BCUT2D eigenvalue weighted by molar-refractivity contribution is 5.94. The molecule has 2 fully saturated rings. The van der Waals surface area contributed by atoms with Crippen LogP contribution in [0.4, 0.5) is 0 Å². The number of pyridine rings is 1. The molecule has 31 heavy (non-hydrogen) atoms. The fourth-order valence-corrected chi connectivity index (χ4v) is 4.72. The fraction of sp³-hybridized carbons (Fsp3) is 0.462. The average molecular weight is 418 g/mol. The van der Waals surface area contributed by atoms with E-state index in [0.29, 0.717) is 12.0 Å². The summed E-state index contributed by atoms with van der Waals surface area (Å²) in [6, 6.07) is 12.5. The van der Waals surface area contributed by atoms with E-state index in [0.717, 1.165) is 43.7 Å². The first-order valence-corrected chi connectivity index (χ1v) is 11.2. The third-order valence-corrected chi connectivity index (χ3v) is 6.25. The van der Waals surface area contributed by atoms with Gasteiger partial charge in [-0.15, -0.1) is 0 Å². The second kappa shape index (κ2) is 9.21. The monoisotopic (exact) mass is 417 g/mol. The van der Waals surface area contributed by atoms with Crippen LogP contribution < -0.4 is 0 Å². The molecule has 1 aromatic carbocycles. The molecule has 5 heteroatoms. The molecule has 2 saturated heterocycles. The van der Waals surface area contributed by atoms with Crippen molar-refractivity contribution in [3.8, 4) is 11.8 Å². The predicted octanol–water partition coefficient (Wildman–Crippen LogP) is 3.33. The van der Waals surface area contributed by atoms with Crippen molar-refractivity contribution in [2.75, 3.05) is 19.6 Å². The van der Waals surface area contributed by atoms with Gasteiger partial charge in [-0.1, -0.05) is 24.0 Å². The van der Waals surface area contributed by atoms with Crippen molar-refractivity contribution in [3.63, 3.8) is 0 Å². The van der Waals surface area contributed by atoms with Gasteiger partial charge in [0.25, 0.3) is 5.91 Å². The summed E-state index contributed by atoms with van der Waals surface area (Å²) in [5.41, 5.74) is 1.96. The maximum Gasteiger partial charge on any atom is 0.253 e. The van der Waals surface area contributed by atoms with Gasteiger partial charge in [0.05, 0.1) is 0 Å². The summed E-state index contributed by atoms with van der Waals surface area (Å²) in [4.78, 5) is 21.5. The first-order chi connectivity index (χ1) is 14.9. The zero-order valence-electron chi connectivity index (χ0n) is 18.4. The Bertz CT molecular complexity index is 954. The second-order valence-electron chi connectivity index (χ2n) is 9.22. The zero-order chi connectivity index (χ0) is 21.8. The Hall–Kier alpha value is -2.68. The van der Waals surface area contributed by atoms with Gasteiger partial charge in [0.2, 0.25) is 0 Å². The number of aromatic nitrogens is 1. The van der Waals surface area contributed by atoms with Gasteiger partial charge in [-0.2, -0.15) is 0 Å². The molecule has 2 aliphatic rings. The molecule has 0 saturated carbocycles. The number of rotatable bonds is 3. The van der Waals surface area contributed by atoms with E-state index in [4.69, 9.17) is 0 Å². The molecule has 0 aliphatic carbocycles. The summed E-state index contributed by atoms with van der Waals surface area (Å²) in [6.07, 6.45) is 6.75. The highest BCUT2D eigenvalue weighted by Crippen LogP contribution is 2.32. The molecule has 0 unspecified atom stereocenters. The smallest absolute Gasteiger partial charge is 0.253 e. The van der Waals surface area contributed by atoms with Gasteiger partial charge in [-0.05, 0) is 75.4 Å². The highest BCUT2D eigenvalue weighted by Gasteiger charge is 2.37. The number of hydrogen-bond donors (Lipinski definition) is 1. The third-order valence-electron chi connectivity index (χ3n) is 6.25. The Morgan fingerprint density at radius 3 is 2.58 bits per heavy atom. The molecule has 0 radical (unpaired) electrons. The molecule has 2 atom stereocenters. The maximum atomic E-state index is 12.9. The summed E-state index contributed by atoms with van der Waals surface area (Å²) in [5.74, 6) is 6.55. The summed E-state index contributed by atoms with van der Waals surface area (Å²) in [7, 11) is 0. The van der Waals surface area contributed by atoms with E-state index in [2.05, 4.69) is 33.9 Å². The third kappa shape index (κ3) is 5.52. The van der Waals surface area contributed by atoms with E-state index in [1.54, 1.807) is 38.4 Å². The number of carbonyl (C=O) groups excluding carboxylic acids is 1. The van der Waals surface area contributed by atoms with Crippen LogP contribution in [0.1, 0.15) is 54.6 Å². The van der Waals surface area contributed by atoms with Gasteiger partial charge in [-0.3, -0.25) is 14.7 Å². The number of hydrogen-bond acceptors (Lipinski definition) is 4. The van der Waals surface area contributed by atoms with Gasteiger partial charge in [-0.25, -0.2) is 0 Å². The second-order valence-corrected chi connectivity index (χ2v) is 9.22. The average Bonchev–Trinajstić information content (AvgIpc) is 2.78. The SMILES string of the molecule is CC(C)(O)C#Cc1ccc(CN2CCC[C@@H]3CN(C(=O)c4ccncc4)CC[C@H]32)cc1. The molecule has 1 aromatic heterocycles. The molecule has 4 rings (SSSR count). The fourth-order valence-electron chi connectivity index (χ4n) is 4.72. The van der Waals surface area contributed by atoms with Gasteiger partial charge >= 0.3 is 0 Å². The lowest BCUT2D eigenvalue weighted by Gasteiger charge is -2.47. The van der Waals surface area contributed by atoms with Crippen LogP contribution in [0.3, 0.4) is 0 Å². The number of amides is 1. The lowest BCUT2D eigenvalue weighted by atomic mass is 9.83. The minimum atomic E-state index is -0.977. The maximum absolute atomic E-state index is 12.9. The summed E-state index contributed by atoms with van der Waals surface area (Å²) in [5, 5.41) is 9.77. The molecule has 0 spiro atoms. The van der Waals surface area contributed by atoms with Crippen LogP contribution in [-0.4, -0.2) is 57.1 Å². The number of likely N-dealkylation sites (tertiary alicyclic amines) is 2. The first-order valence-electron chi connectivity index (χ1n) is 11.2. The molecule has 162 valence electrons. The number of aliphatic hydroxyl groups is 1. The molecule has 5 nitrogen and oxygen atoms in total. The number of benzene rings is 1. The van der Waals surface area contributed by atoms with Crippen LogP contribution in [0.5, 0.6) is 0 Å². The van der Waals surface area contributed by atoms with Gasteiger partial charge < -0.3 is 10.0 Å². The Labute approximate surface area is 185 Å². The molecule has 2 aliphatic heterocycles. The lowest BCUT2D eigenvalue weighted by molar-refractivity contribution is 0.0175. The molecular formula is C26H31N3O2. The van der Waals surface area contributed by atoms with Crippen molar-refractivity contribution in [2.45, 2.75) is 51.3 Å². The van der Waals surface area contributed by atoms with Crippen molar-refractivity contribution in [1.29, 1.82) is 0 Å². The standard InChI is InChI=1S/C26H31N3O2/c1-26(2,31)13-9-20-5-7-21(8-6-20)18-28-16-3-4-23-19-29(17-12-24(23)28)25(30)22-10-14-27-15-11-22/h5-8,10-11,14-15,23-24,31H,3-4,12,16-19H2,1-2H3/t23-,24-/m1/s1. The van der Waals surface area contributed by atoms with E-state index < -0.39 is 5.60 Å². The number of nitrogens with zero attached hydrogens (tertiary/aromatic N) is 3. The summed E-state index contributed by atoms with van der Waals surface area (Å²) >= 11 is 0. The molecule has 3 heterocycles. The molecular weight excluding hydrogens is 386 g/mol. The van der Waals surface area contributed by atoms with E-state index >= 15 is 0 Å². The molecule has 1 N–H and O–H groups in total. The van der Waals surface area contributed by atoms with Gasteiger partial charge in [0, 0.05) is 49.2 Å². The Kier molecular flexibility index (Phi) is 6.41. The van der Waals surface area contributed by atoms with Crippen LogP contribution in [0.2, 0.25) is 0 Å². The number of fused-ring (bicyclic) bond motifs is 1. The lowest BCUT2D eigenvalue weighted by Crippen LogP contribution is -2.54. The van der Waals surface area contributed by atoms with Crippen molar-refractivity contribution in [2.24, 2.45) is 5.92 Å². The van der Waals surface area contributed by atoms with E-state index in [1.807, 2.05) is 17.0 Å². The Morgan fingerprint density at radius 1 is 1.13 bits per heavy atom. The minimum Gasteiger partial charge on any atom is -0.378 e. The van der Waals surface area contributed by atoms with Crippen molar-refractivity contribution in [3.05, 3.63) is 65.5 Å². The molecule has 1 amide bonds. The van der Waals surface area contributed by atoms with Crippen LogP contribution in [-0.2, 0) is 6.54 Å². The summed E-state index contributed by atoms with van der Waals surface area (Å²) < 4.78 is 0. The van der Waals surface area contributed by atoms with Crippen molar-refractivity contribution >= 4 is 5.91 Å². The first kappa shape index (κ1) is 21.5. The van der Waals surface area contributed by atoms with Gasteiger partial charge in [0.1, 0.15) is 5.60 Å². The largest absolute Gasteiger partial charge is 0.378 e. The van der Waals surface area contributed by atoms with Crippen LogP contribution in [0.15, 0.2) is 48.8 Å². The van der Waals surface area contributed by atoms with Crippen molar-refractivity contribution < 1.29 is 9.90 Å². The zero-order valence-corrected chi connectivity index (χ0v) is 18.4. The predicted molar refractivity (Wildman–Crippen MR) is 121 cm³/mol. The topological polar surface area (TPSA) is 56.7 Å². The normalized spacial score (nSPS) is 21.7. The van der Waals surface area contributed by atoms with E-state index in [1.165, 1.54) is 18.4 Å². The minimum absolute atomic E-state index is 0.126. The molecule has 2 aromatic rings. The summed E-state index contributed by atoms with van der Waals surface area (Å²) in [6.45, 7) is 7.07.